The summed E-state index contributed by atoms with van der Waals surface area (Å²) in [4.78, 5) is 36.4. The third-order valence-electron chi connectivity index (χ3n) is 5.78. The van der Waals surface area contributed by atoms with Gasteiger partial charge in [-0.25, -0.2) is 9.37 Å². The predicted molar refractivity (Wildman–Crippen MR) is 120 cm³/mol. The Morgan fingerprint density at radius 2 is 2.12 bits per heavy atom. The average Bonchev–Trinajstić information content (AvgIpc) is 3.12. The van der Waals surface area contributed by atoms with Crippen LogP contribution in [0, 0.1) is 12.7 Å². The number of aromatic amines is 1. The van der Waals surface area contributed by atoms with Crippen molar-refractivity contribution in [2.45, 2.75) is 51.7 Å². The monoisotopic (exact) mass is 441 g/mol. The maximum atomic E-state index is 13.7. The van der Waals surface area contributed by atoms with E-state index in [1.807, 2.05) is 0 Å². The van der Waals surface area contributed by atoms with E-state index in [1.165, 1.54) is 36.2 Å². The van der Waals surface area contributed by atoms with Crippen molar-refractivity contribution >= 4 is 22.6 Å². The van der Waals surface area contributed by atoms with Crippen LogP contribution in [-0.4, -0.2) is 44.6 Å². The maximum Gasteiger partial charge on any atom is 0.293 e. The lowest BCUT2D eigenvalue weighted by molar-refractivity contribution is -0.121. The molecule has 1 aliphatic rings. The molecule has 0 atom stereocenters. The molecule has 1 amide bonds. The molecule has 3 aromatic heterocycles. The maximum absolute atomic E-state index is 13.7. The van der Waals surface area contributed by atoms with E-state index in [0.29, 0.717) is 34.9 Å². The molecule has 9 nitrogen and oxygen atoms in total. The van der Waals surface area contributed by atoms with Gasteiger partial charge >= 0.3 is 0 Å². The van der Waals surface area contributed by atoms with Gasteiger partial charge in [0.15, 0.2) is 5.82 Å². The summed E-state index contributed by atoms with van der Waals surface area (Å²) in [7, 11) is 0. The Morgan fingerprint density at radius 1 is 1.28 bits per heavy atom. The van der Waals surface area contributed by atoms with Crippen LogP contribution in [0.25, 0.3) is 10.9 Å². The van der Waals surface area contributed by atoms with E-state index >= 15 is 0 Å². The van der Waals surface area contributed by atoms with Gasteiger partial charge in [-0.2, -0.15) is 0 Å². The van der Waals surface area contributed by atoms with Gasteiger partial charge in [-0.3, -0.25) is 19.1 Å². The largest absolute Gasteiger partial charge is 0.365 e. The summed E-state index contributed by atoms with van der Waals surface area (Å²) in [6.07, 6.45) is 9.04. The van der Waals surface area contributed by atoms with Gasteiger partial charge in [-0.1, -0.05) is 6.42 Å². The van der Waals surface area contributed by atoms with Crippen molar-refractivity contribution < 1.29 is 9.18 Å². The van der Waals surface area contributed by atoms with Crippen molar-refractivity contribution in [3.63, 3.8) is 0 Å². The van der Waals surface area contributed by atoms with E-state index in [1.54, 1.807) is 19.2 Å². The Balaban J connectivity index is 1.30. The van der Waals surface area contributed by atoms with Crippen molar-refractivity contribution in [3.8, 4) is 0 Å². The van der Waals surface area contributed by atoms with Crippen LogP contribution in [0.3, 0.4) is 0 Å². The lowest BCUT2D eigenvalue weighted by Gasteiger charge is -2.26. The fourth-order valence-electron chi connectivity index (χ4n) is 3.62. The van der Waals surface area contributed by atoms with Gasteiger partial charge in [0, 0.05) is 36.1 Å². The summed E-state index contributed by atoms with van der Waals surface area (Å²) in [6.45, 7) is 3.26. The fourth-order valence-corrected chi connectivity index (χ4v) is 3.62. The average molecular weight is 442 g/mol. The molecule has 0 unspecified atom stereocenters. The molecule has 32 heavy (non-hydrogen) atoms. The number of rotatable bonds is 10. The predicted octanol–water partition coefficient (Wildman–Crippen LogP) is 1.83. The second-order valence-corrected chi connectivity index (χ2v) is 8.14. The lowest BCUT2D eigenvalue weighted by Crippen LogP contribution is -2.36. The first-order valence-corrected chi connectivity index (χ1v) is 10.9. The van der Waals surface area contributed by atoms with Crippen LogP contribution in [0.5, 0.6) is 0 Å². The van der Waals surface area contributed by atoms with Gasteiger partial charge in [-0.05, 0) is 38.8 Å². The van der Waals surface area contributed by atoms with E-state index < -0.39 is 0 Å². The molecule has 1 fully saturated rings. The molecular formula is C22H28FN7O2. The third kappa shape index (κ3) is 5.13. The number of aromatic nitrogens is 4. The van der Waals surface area contributed by atoms with Gasteiger partial charge in [0.2, 0.25) is 5.91 Å². The van der Waals surface area contributed by atoms with Crippen LogP contribution in [0.1, 0.15) is 37.1 Å². The minimum Gasteiger partial charge on any atom is -0.365 e. The summed E-state index contributed by atoms with van der Waals surface area (Å²) >= 11 is 0. The SMILES string of the molecule is Cc1cnc(NCCCNC2CCC2)c(=O)n1CC(=O)NCc1cc2c(F)c[nH]c2cn1. The van der Waals surface area contributed by atoms with Crippen LogP contribution in [0.15, 0.2) is 29.5 Å². The molecule has 0 spiro atoms. The molecule has 3 aromatic rings. The third-order valence-corrected chi connectivity index (χ3v) is 5.78. The number of amides is 1. The number of nitrogens with zero attached hydrogens (tertiary/aromatic N) is 3. The number of pyridine rings is 1. The van der Waals surface area contributed by atoms with E-state index in [-0.39, 0.29) is 36.2 Å². The van der Waals surface area contributed by atoms with Gasteiger partial charge < -0.3 is 20.9 Å². The number of aryl methyl sites for hydroxylation is 1. The van der Waals surface area contributed by atoms with Crippen molar-refractivity contribution in [1.29, 1.82) is 0 Å². The molecule has 4 rings (SSSR count). The molecule has 0 bridgehead atoms. The Labute approximate surface area is 184 Å². The highest BCUT2D eigenvalue weighted by Gasteiger charge is 2.16. The summed E-state index contributed by atoms with van der Waals surface area (Å²) in [5, 5.41) is 9.71. The molecular weight excluding hydrogens is 413 g/mol. The normalized spacial score (nSPS) is 13.8. The molecule has 1 aliphatic carbocycles. The topological polar surface area (TPSA) is 117 Å². The number of H-pyrrole nitrogens is 1. The molecule has 4 N–H and O–H groups in total. The first-order chi connectivity index (χ1) is 15.5. The number of fused-ring (bicyclic) bond motifs is 1. The number of carbonyl (C=O) groups excluding carboxylic acids is 1. The van der Waals surface area contributed by atoms with Gasteiger partial charge in [0.05, 0.1) is 24.0 Å². The zero-order valence-electron chi connectivity index (χ0n) is 18.1. The quantitative estimate of drug-likeness (QED) is 0.357. The minimum absolute atomic E-state index is 0.133. The van der Waals surface area contributed by atoms with Crippen LogP contribution in [0.4, 0.5) is 10.2 Å². The summed E-state index contributed by atoms with van der Waals surface area (Å²) in [6, 6.07) is 2.23. The molecule has 0 radical (unpaired) electrons. The van der Waals surface area contributed by atoms with Gasteiger partial charge in [0.1, 0.15) is 12.4 Å². The van der Waals surface area contributed by atoms with Crippen LogP contribution in [0.2, 0.25) is 0 Å². The zero-order chi connectivity index (χ0) is 22.5. The first kappa shape index (κ1) is 21.9. The molecule has 1 saturated carbocycles. The summed E-state index contributed by atoms with van der Waals surface area (Å²) in [5.74, 6) is -0.469. The summed E-state index contributed by atoms with van der Waals surface area (Å²) < 4.78 is 15.1. The lowest BCUT2D eigenvalue weighted by atomic mass is 9.93. The fraction of sp³-hybridized carbons (Fsp3) is 0.455. The number of hydrogen-bond acceptors (Lipinski definition) is 6. The molecule has 10 heteroatoms. The number of hydrogen-bond donors (Lipinski definition) is 4. The van der Waals surface area contributed by atoms with Gasteiger partial charge in [-0.15, -0.1) is 0 Å². The van der Waals surface area contributed by atoms with Crippen molar-refractivity contribution in [2.24, 2.45) is 0 Å². The minimum atomic E-state index is -0.368. The smallest absolute Gasteiger partial charge is 0.293 e. The Morgan fingerprint density at radius 3 is 2.91 bits per heavy atom. The highest BCUT2D eigenvalue weighted by atomic mass is 19.1. The first-order valence-electron chi connectivity index (χ1n) is 10.9. The Hall–Kier alpha value is -3.27. The van der Waals surface area contributed by atoms with Gasteiger partial charge in [0.25, 0.3) is 5.56 Å². The van der Waals surface area contributed by atoms with Crippen LogP contribution >= 0.6 is 0 Å². The summed E-state index contributed by atoms with van der Waals surface area (Å²) in [5.41, 5.74) is 1.38. The second-order valence-electron chi connectivity index (χ2n) is 8.14. The Bertz CT molecular complexity index is 1150. The second kappa shape index (κ2) is 9.90. The standard InChI is InChI=1S/C22H28FN7O2/c1-14-9-29-21(25-7-3-6-24-15-4-2-5-15)22(32)30(14)13-20(31)28-10-16-8-17-18(23)11-27-19(17)12-26-16/h8-9,11-12,15,24,27H,2-7,10,13H2,1H3,(H,25,29)(H,28,31). The zero-order valence-corrected chi connectivity index (χ0v) is 18.1. The molecule has 0 aromatic carbocycles. The number of carbonyl (C=O) groups is 1. The Kier molecular flexibility index (Phi) is 6.79. The number of anilines is 1. The van der Waals surface area contributed by atoms with Crippen LogP contribution in [-0.2, 0) is 17.9 Å². The van der Waals surface area contributed by atoms with E-state index in [4.69, 9.17) is 0 Å². The van der Waals surface area contributed by atoms with Crippen molar-refractivity contribution in [2.75, 3.05) is 18.4 Å². The van der Waals surface area contributed by atoms with Crippen molar-refractivity contribution in [1.82, 2.24) is 30.2 Å². The highest BCUT2D eigenvalue weighted by Crippen LogP contribution is 2.18. The number of halogens is 1. The van der Waals surface area contributed by atoms with E-state index in [2.05, 4.69) is 30.9 Å². The number of nitrogens with one attached hydrogen (secondary N) is 4. The molecule has 0 saturated heterocycles. The van der Waals surface area contributed by atoms with Crippen molar-refractivity contribution in [3.05, 3.63) is 52.2 Å². The molecule has 3 heterocycles. The van der Waals surface area contributed by atoms with E-state index in [0.717, 1.165) is 13.0 Å². The molecule has 0 aliphatic heterocycles. The van der Waals surface area contributed by atoms with E-state index in [9.17, 15) is 14.0 Å². The van der Waals surface area contributed by atoms with Crippen LogP contribution < -0.4 is 21.5 Å². The molecule has 170 valence electrons. The highest BCUT2D eigenvalue weighted by molar-refractivity contribution is 5.80.